The highest BCUT2D eigenvalue weighted by Gasteiger charge is 2.21. The van der Waals surface area contributed by atoms with Crippen molar-refractivity contribution in [2.75, 3.05) is 20.2 Å². The Kier molecular flexibility index (Phi) is 4.77. The first-order chi connectivity index (χ1) is 7.06. The van der Waals surface area contributed by atoms with Crippen LogP contribution in [0, 0.1) is 0 Å². The van der Waals surface area contributed by atoms with E-state index in [0.717, 1.165) is 13.1 Å². The lowest BCUT2D eigenvalue weighted by Crippen LogP contribution is -2.36. The lowest BCUT2D eigenvalue weighted by Gasteiger charge is -2.24. The molecule has 0 saturated carbocycles. The fourth-order valence-corrected chi connectivity index (χ4v) is 2.27. The molecule has 1 aromatic rings. The topological polar surface area (TPSA) is 21.3 Å². The highest BCUT2D eigenvalue weighted by Crippen LogP contribution is 2.26. The van der Waals surface area contributed by atoms with E-state index in [1.807, 2.05) is 11.3 Å². The molecule has 1 unspecified atom stereocenters. The van der Waals surface area contributed by atoms with E-state index >= 15 is 0 Å². The van der Waals surface area contributed by atoms with E-state index in [1.165, 1.54) is 4.88 Å². The van der Waals surface area contributed by atoms with E-state index in [9.17, 15) is 0 Å². The van der Waals surface area contributed by atoms with Gasteiger partial charge < -0.3 is 10.1 Å². The van der Waals surface area contributed by atoms with Crippen molar-refractivity contribution >= 4 is 11.3 Å². The molecule has 0 spiro atoms. The standard InChI is InChI=1S/C12H21NOS/c1-10(14-4)8-13-9-12(2,3)11-6-5-7-15-11/h5-7,10,13H,8-9H2,1-4H3. The predicted molar refractivity (Wildman–Crippen MR) is 66.7 cm³/mol. The second kappa shape index (κ2) is 5.64. The van der Waals surface area contributed by atoms with Gasteiger partial charge in [-0.1, -0.05) is 19.9 Å². The van der Waals surface area contributed by atoms with Crippen LogP contribution in [-0.2, 0) is 10.2 Å². The molecule has 0 aliphatic carbocycles. The van der Waals surface area contributed by atoms with E-state index < -0.39 is 0 Å². The van der Waals surface area contributed by atoms with E-state index in [2.05, 4.69) is 43.6 Å². The van der Waals surface area contributed by atoms with E-state index in [-0.39, 0.29) is 11.5 Å². The lowest BCUT2D eigenvalue weighted by molar-refractivity contribution is 0.116. The number of hydrogen-bond donors (Lipinski definition) is 1. The largest absolute Gasteiger partial charge is 0.380 e. The highest BCUT2D eigenvalue weighted by atomic mass is 32.1. The summed E-state index contributed by atoms with van der Waals surface area (Å²) in [7, 11) is 1.75. The highest BCUT2D eigenvalue weighted by molar-refractivity contribution is 7.10. The number of methoxy groups -OCH3 is 1. The van der Waals surface area contributed by atoms with Gasteiger partial charge >= 0.3 is 0 Å². The molecule has 0 aromatic carbocycles. The summed E-state index contributed by atoms with van der Waals surface area (Å²) < 4.78 is 5.20. The van der Waals surface area contributed by atoms with Crippen molar-refractivity contribution in [3.63, 3.8) is 0 Å². The van der Waals surface area contributed by atoms with Crippen LogP contribution in [-0.4, -0.2) is 26.3 Å². The smallest absolute Gasteiger partial charge is 0.0667 e. The zero-order chi connectivity index (χ0) is 11.3. The Balaban J connectivity index is 2.37. The van der Waals surface area contributed by atoms with Gasteiger partial charge in [0.15, 0.2) is 0 Å². The number of rotatable bonds is 6. The number of nitrogens with one attached hydrogen (secondary N) is 1. The van der Waals surface area contributed by atoms with E-state index in [0.29, 0.717) is 0 Å². The molecular weight excluding hydrogens is 206 g/mol. The second-order valence-corrected chi connectivity index (χ2v) is 5.49. The fraction of sp³-hybridized carbons (Fsp3) is 0.667. The molecule has 0 amide bonds. The summed E-state index contributed by atoms with van der Waals surface area (Å²) in [5, 5.41) is 5.58. The third kappa shape index (κ3) is 3.93. The Labute approximate surface area is 96.7 Å². The van der Waals surface area contributed by atoms with Gasteiger partial charge in [-0.2, -0.15) is 0 Å². The maximum absolute atomic E-state index is 5.20. The zero-order valence-corrected chi connectivity index (χ0v) is 10.9. The second-order valence-electron chi connectivity index (χ2n) is 4.54. The Morgan fingerprint density at radius 3 is 2.80 bits per heavy atom. The number of hydrogen-bond acceptors (Lipinski definition) is 3. The molecule has 0 aliphatic heterocycles. The molecule has 1 aromatic heterocycles. The van der Waals surface area contributed by atoms with Gasteiger partial charge in [-0.15, -0.1) is 11.3 Å². The molecule has 1 heterocycles. The lowest BCUT2D eigenvalue weighted by atomic mass is 9.91. The quantitative estimate of drug-likeness (QED) is 0.806. The normalized spacial score (nSPS) is 14.1. The monoisotopic (exact) mass is 227 g/mol. The molecule has 86 valence electrons. The summed E-state index contributed by atoms with van der Waals surface area (Å²) in [5.74, 6) is 0. The molecule has 0 fully saturated rings. The first-order valence-corrected chi connectivity index (χ1v) is 6.22. The minimum Gasteiger partial charge on any atom is -0.380 e. The SMILES string of the molecule is COC(C)CNCC(C)(C)c1cccs1. The molecule has 1 N–H and O–H groups in total. The molecule has 1 atom stereocenters. The number of thiophene rings is 1. The van der Waals surface area contributed by atoms with Gasteiger partial charge in [0.05, 0.1) is 6.10 Å². The summed E-state index contributed by atoms with van der Waals surface area (Å²) in [5.41, 5.74) is 0.210. The maximum Gasteiger partial charge on any atom is 0.0667 e. The van der Waals surface area contributed by atoms with Crippen LogP contribution in [0.5, 0.6) is 0 Å². The van der Waals surface area contributed by atoms with Crippen molar-refractivity contribution in [2.24, 2.45) is 0 Å². The van der Waals surface area contributed by atoms with Crippen molar-refractivity contribution in [1.82, 2.24) is 5.32 Å². The van der Waals surface area contributed by atoms with Crippen LogP contribution in [0.15, 0.2) is 17.5 Å². The molecule has 15 heavy (non-hydrogen) atoms. The summed E-state index contributed by atoms with van der Waals surface area (Å²) in [6.07, 6.45) is 0.282. The van der Waals surface area contributed by atoms with Crippen LogP contribution >= 0.6 is 11.3 Å². The zero-order valence-electron chi connectivity index (χ0n) is 10.0. The molecule has 0 aliphatic rings. The number of ether oxygens (including phenoxy) is 1. The average molecular weight is 227 g/mol. The van der Waals surface area contributed by atoms with Crippen molar-refractivity contribution < 1.29 is 4.74 Å². The Morgan fingerprint density at radius 1 is 1.53 bits per heavy atom. The van der Waals surface area contributed by atoms with Crippen molar-refractivity contribution in [3.8, 4) is 0 Å². The molecule has 0 radical (unpaired) electrons. The summed E-state index contributed by atoms with van der Waals surface area (Å²) in [6.45, 7) is 8.50. The summed E-state index contributed by atoms with van der Waals surface area (Å²) in [4.78, 5) is 1.43. The van der Waals surface area contributed by atoms with Crippen molar-refractivity contribution in [2.45, 2.75) is 32.3 Å². The van der Waals surface area contributed by atoms with Gasteiger partial charge in [0.25, 0.3) is 0 Å². The van der Waals surface area contributed by atoms with Crippen molar-refractivity contribution in [1.29, 1.82) is 0 Å². The third-order valence-electron chi connectivity index (χ3n) is 2.59. The fourth-order valence-electron chi connectivity index (χ4n) is 1.42. The van der Waals surface area contributed by atoms with Gasteiger partial charge in [-0.3, -0.25) is 0 Å². The maximum atomic E-state index is 5.20. The van der Waals surface area contributed by atoms with Crippen LogP contribution in [0.3, 0.4) is 0 Å². The molecule has 3 heteroatoms. The van der Waals surface area contributed by atoms with Crippen LogP contribution < -0.4 is 5.32 Å². The van der Waals surface area contributed by atoms with E-state index in [1.54, 1.807) is 7.11 Å². The minimum atomic E-state index is 0.210. The molecule has 0 saturated heterocycles. The van der Waals surface area contributed by atoms with Crippen LogP contribution in [0.1, 0.15) is 25.6 Å². The van der Waals surface area contributed by atoms with Crippen LogP contribution in [0.2, 0.25) is 0 Å². The van der Waals surface area contributed by atoms with Crippen molar-refractivity contribution in [3.05, 3.63) is 22.4 Å². The molecule has 2 nitrogen and oxygen atoms in total. The first-order valence-electron chi connectivity index (χ1n) is 5.34. The summed E-state index contributed by atoms with van der Waals surface area (Å²) >= 11 is 1.82. The third-order valence-corrected chi connectivity index (χ3v) is 3.83. The van der Waals surface area contributed by atoms with E-state index in [4.69, 9.17) is 4.74 Å². The van der Waals surface area contributed by atoms with Crippen LogP contribution in [0.25, 0.3) is 0 Å². The van der Waals surface area contributed by atoms with Gasteiger partial charge in [-0.05, 0) is 18.4 Å². The summed E-state index contributed by atoms with van der Waals surface area (Å²) in [6, 6.07) is 4.31. The Morgan fingerprint density at radius 2 is 2.27 bits per heavy atom. The van der Waals surface area contributed by atoms with Gasteiger partial charge in [0, 0.05) is 30.5 Å². The Hall–Kier alpha value is -0.380. The Bertz CT molecular complexity index is 269. The minimum absolute atomic E-state index is 0.210. The molecule has 0 bridgehead atoms. The van der Waals surface area contributed by atoms with Gasteiger partial charge in [0.2, 0.25) is 0 Å². The van der Waals surface area contributed by atoms with Gasteiger partial charge in [0.1, 0.15) is 0 Å². The molecular formula is C12H21NOS. The average Bonchev–Trinajstić information content (AvgIpc) is 2.70. The molecule has 1 rings (SSSR count). The van der Waals surface area contributed by atoms with Crippen LogP contribution in [0.4, 0.5) is 0 Å². The first kappa shape index (κ1) is 12.7. The van der Waals surface area contributed by atoms with Gasteiger partial charge in [-0.25, -0.2) is 0 Å². The predicted octanol–water partition coefficient (Wildman–Crippen LogP) is 2.65.